The van der Waals surface area contributed by atoms with E-state index in [9.17, 15) is 4.79 Å². The number of carbonyl (C=O) groups is 1. The number of ketones is 1. The fraction of sp³-hybridized carbons (Fsp3) is 0.727. The van der Waals surface area contributed by atoms with Gasteiger partial charge in [0, 0.05) is 6.54 Å². The Kier molecular flexibility index (Phi) is 10.8. The highest BCUT2D eigenvalue weighted by Crippen LogP contribution is 2.06. The lowest BCUT2D eigenvalue weighted by atomic mass is 10.2. The van der Waals surface area contributed by atoms with Gasteiger partial charge in [-0.3, -0.25) is 9.69 Å². The van der Waals surface area contributed by atoms with Gasteiger partial charge in [0.1, 0.15) is 0 Å². The van der Waals surface area contributed by atoms with E-state index in [1.54, 1.807) is 6.92 Å². The van der Waals surface area contributed by atoms with E-state index in [1.165, 1.54) is 0 Å². The Bertz CT molecular complexity index is 152. The summed E-state index contributed by atoms with van der Waals surface area (Å²) in [6.45, 7) is 10.5. The zero-order valence-corrected chi connectivity index (χ0v) is 9.79. The minimum absolute atomic E-state index is 0.0463. The molecule has 0 aromatic carbocycles. The van der Waals surface area contributed by atoms with Crippen LogP contribution in [0.5, 0.6) is 0 Å². The molecular weight excluding hydrogens is 162 g/mol. The molecule has 0 fully saturated rings. The van der Waals surface area contributed by atoms with Crippen LogP contribution >= 0.6 is 0 Å². The molecule has 0 spiro atoms. The molecule has 13 heavy (non-hydrogen) atoms. The van der Waals surface area contributed by atoms with E-state index in [0.717, 1.165) is 6.54 Å². The van der Waals surface area contributed by atoms with Crippen molar-refractivity contribution < 1.29 is 4.79 Å². The second-order valence-corrected chi connectivity index (χ2v) is 2.42. The lowest BCUT2D eigenvalue weighted by molar-refractivity contribution is -0.119. The Hall–Kier alpha value is -0.630. The van der Waals surface area contributed by atoms with Crippen molar-refractivity contribution in [2.45, 2.75) is 40.7 Å². The summed E-state index contributed by atoms with van der Waals surface area (Å²) < 4.78 is 0. The van der Waals surface area contributed by atoms with Gasteiger partial charge in [0.2, 0.25) is 0 Å². The van der Waals surface area contributed by atoms with E-state index in [2.05, 4.69) is 0 Å². The van der Waals surface area contributed by atoms with Gasteiger partial charge >= 0.3 is 0 Å². The predicted octanol–water partition coefficient (Wildman–Crippen LogP) is 2.50. The zero-order chi connectivity index (χ0) is 10.9. The van der Waals surface area contributed by atoms with Gasteiger partial charge in [0.05, 0.1) is 6.04 Å². The fourth-order valence-electron chi connectivity index (χ4n) is 1.06. The second kappa shape index (κ2) is 9.46. The third-order valence-corrected chi connectivity index (χ3v) is 1.60. The zero-order valence-electron chi connectivity index (χ0n) is 9.79. The summed E-state index contributed by atoms with van der Waals surface area (Å²) in [4.78, 5) is 12.8. The number of nitrogens with zero attached hydrogens (tertiary/aromatic N) is 1. The number of hydrogen-bond acceptors (Lipinski definition) is 2. The van der Waals surface area contributed by atoms with E-state index in [1.807, 2.05) is 51.8 Å². The molecular formula is C11H23NO. The van der Waals surface area contributed by atoms with E-state index in [0.29, 0.717) is 0 Å². The highest BCUT2D eigenvalue weighted by atomic mass is 16.1. The van der Waals surface area contributed by atoms with Gasteiger partial charge in [-0.1, -0.05) is 39.8 Å². The molecule has 0 saturated carbocycles. The first kappa shape index (κ1) is 14.9. The Balaban J connectivity index is 0. The summed E-state index contributed by atoms with van der Waals surface area (Å²) in [6.07, 6.45) is 3.97. The maximum Gasteiger partial charge on any atom is 0.150 e. The normalized spacial score (nSPS) is 19.7. The van der Waals surface area contributed by atoms with Crippen LogP contribution in [0.1, 0.15) is 34.6 Å². The number of Topliss-reactive ketones (excluding diaryl/α,β-unsaturated/α-hetero) is 1. The topological polar surface area (TPSA) is 20.3 Å². The maximum absolute atomic E-state index is 10.8. The molecule has 0 aromatic heterocycles. The standard InChI is InChI=1S/C7H11NO.2C2H6/c1-6(9)7-4-3-5-8(7)2;2*1-2/h3-4,7H,5H2,1-2H3;2*1-2H3. The first-order chi connectivity index (χ1) is 6.22. The first-order valence-electron chi connectivity index (χ1n) is 5.09. The summed E-state index contributed by atoms with van der Waals surface area (Å²) >= 11 is 0. The summed E-state index contributed by atoms with van der Waals surface area (Å²) in [5, 5.41) is 0. The first-order valence-corrected chi connectivity index (χ1v) is 5.09. The highest BCUT2D eigenvalue weighted by Gasteiger charge is 2.18. The smallest absolute Gasteiger partial charge is 0.150 e. The molecule has 1 unspecified atom stereocenters. The van der Waals surface area contributed by atoms with Crippen LogP contribution in [0.25, 0.3) is 0 Å². The van der Waals surface area contributed by atoms with Crippen LogP contribution in [-0.2, 0) is 4.79 Å². The van der Waals surface area contributed by atoms with Gasteiger partial charge in [-0.15, -0.1) is 0 Å². The number of rotatable bonds is 1. The second-order valence-electron chi connectivity index (χ2n) is 2.42. The minimum atomic E-state index is 0.0463. The third kappa shape index (κ3) is 5.58. The van der Waals surface area contributed by atoms with Crippen molar-refractivity contribution >= 4 is 5.78 Å². The van der Waals surface area contributed by atoms with Gasteiger partial charge in [-0.05, 0) is 14.0 Å². The molecule has 1 rings (SSSR count). The number of likely N-dealkylation sites (N-methyl/N-ethyl adjacent to an activating group) is 1. The van der Waals surface area contributed by atoms with Crippen molar-refractivity contribution in [3.8, 4) is 0 Å². The highest BCUT2D eigenvalue weighted by molar-refractivity contribution is 5.83. The number of carbonyl (C=O) groups excluding carboxylic acids is 1. The molecule has 2 nitrogen and oxygen atoms in total. The van der Waals surface area contributed by atoms with Gasteiger partial charge in [-0.25, -0.2) is 0 Å². The Morgan fingerprint density at radius 2 is 1.77 bits per heavy atom. The molecule has 0 saturated heterocycles. The van der Waals surface area contributed by atoms with Crippen molar-refractivity contribution in [1.82, 2.24) is 4.90 Å². The Morgan fingerprint density at radius 1 is 1.31 bits per heavy atom. The predicted molar refractivity (Wildman–Crippen MR) is 58.9 cm³/mol. The maximum atomic E-state index is 10.8. The Morgan fingerprint density at radius 3 is 1.92 bits per heavy atom. The molecule has 0 amide bonds. The molecule has 0 bridgehead atoms. The van der Waals surface area contributed by atoms with Crippen LogP contribution in [0.2, 0.25) is 0 Å². The molecule has 1 aliphatic heterocycles. The summed E-state index contributed by atoms with van der Waals surface area (Å²) in [5.74, 6) is 0.228. The summed E-state index contributed by atoms with van der Waals surface area (Å²) in [7, 11) is 1.95. The molecule has 0 aliphatic carbocycles. The fourth-order valence-corrected chi connectivity index (χ4v) is 1.06. The van der Waals surface area contributed by atoms with Gasteiger partial charge in [0.25, 0.3) is 0 Å². The van der Waals surface area contributed by atoms with Crippen molar-refractivity contribution in [3.63, 3.8) is 0 Å². The molecule has 1 aliphatic rings. The average Bonchev–Trinajstić information content (AvgIpc) is 2.58. The van der Waals surface area contributed by atoms with Crippen molar-refractivity contribution in [2.24, 2.45) is 0 Å². The third-order valence-electron chi connectivity index (χ3n) is 1.60. The minimum Gasteiger partial charge on any atom is -0.298 e. The van der Waals surface area contributed by atoms with E-state index in [4.69, 9.17) is 0 Å². The Labute approximate surface area is 82.6 Å². The molecule has 0 radical (unpaired) electrons. The van der Waals surface area contributed by atoms with Crippen molar-refractivity contribution in [2.75, 3.05) is 13.6 Å². The van der Waals surface area contributed by atoms with Gasteiger partial charge in [-0.2, -0.15) is 0 Å². The molecule has 0 N–H and O–H groups in total. The van der Waals surface area contributed by atoms with Crippen LogP contribution in [0.3, 0.4) is 0 Å². The average molecular weight is 185 g/mol. The van der Waals surface area contributed by atoms with E-state index in [-0.39, 0.29) is 11.8 Å². The lowest BCUT2D eigenvalue weighted by Gasteiger charge is -2.14. The monoisotopic (exact) mass is 185 g/mol. The lowest BCUT2D eigenvalue weighted by Crippen LogP contribution is -2.31. The molecule has 78 valence electrons. The van der Waals surface area contributed by atoms with Crippen LogP contribution in [0, 0.1) is 0 Å². The van der Waals surface area contributed by atoms with E-state index >= 15 is 0 Å². The van der Waals surface area contributed by atoms with Crippen LogP contribution in [-0.4, -0.2) is 30.3 Å². The summed E-state index contributed by atoms with van der Waals surface area (Å²) in [6, 6.07) is 0.0463. The van der Waals surface area contributed by atoms with Gasteiger partial charge < -0.3 is 0 Å². The quantitative estimate of drug-likeness (QED) is 0.585. The van der Waals surface area contributed by atoms with Gasteiger partial charge in [0.15, 0.2) is 5.78 Å². The van der Waals surface area contributed by atoms with Crippen LogP contribution < -0.4 is 0 Å². The van der Waals surface area contributed by atoms with E-state index < -0.39 is 0 Å². The SMILES string of the molecule is CC.CC.CC(=O)C1C=CCN1C. The largest absolute Gasteiger partial charge is 0.298 e. The van der Waals surface area contributed by atoms with Crippen LogP contribution in [0.4, 0.5) is 0 Å². The van der Waals surface area contributed by atoms with Crippen molar-refractivity contribution in [1.29, 1.82) is 0 Å². The molecule has 2 heteroatoms. The molecule has 1 heterocycles. The van der Waals surface area contributed by atoms with Crippen molar-refractivity contribution in [3.05, 3.63) is 12.2 Å². The molecule has 1 atom stereocenters. The number of hydrogen-bond donors (Lipinski definition) is 0. The molecule has 0 aromatic rings. The summed E-state index contributed by atoms with van der Waals surface area (Å²) in [5.41, 5.74) is 0. The van der Waals surface area contributed by atoms with Crippen LogP contribution in [0.15, 0.2) is 12.2 Å².